The summed E-state index contributed by atoms with van der Waals surface area (Å²) in [6, 6.07) is 9.40. The van der Waals surface area contributed by atoms with Crippen molar-refractivity contribution in [3.05, 3.63) is 53.9 Å². The van der Waals surface area contributed by atoms with Crippen molar-refractivity contribution in [2.45, 2.75) is 25.9 Å². The minimum absolute atomic E-state index is 0.146. The van der Waals surface area contributed by atoms with E-state index in [1.807, 2.05) is 13.8 Å². The molecule has 1 aromatic heterocycles. The van der Waals surface area contributed by atoms with Crippen LogP contribution in [0.2, 0.25) is 0 Å². The van der Waals surface area contributed by atoms with Gasteiger partial charge in [0.15, 0.2) is 18.1 Å². The Bertz CT molecular complexity index is 979. The lowest BCUT2D eigenvalue weighted by molar-refractivity contribution is -0.137. The van der Waals surface area contributed by atoms with E-state index in [0.29, 0.717) is 22.7 Å². The molecule has 1 heterocycles. The van der Waals surface area contributed by atoms with Crippen LogP contribution < -0.4 is 9.64 Å². The summed E-state index contributed by atoms with van der Waals surface area (Å²) < 4.78 is 48.7. The monoisotopic (exact) mass is 392 g/mol. The van der Waals surface area contributed by atoms with E-state index in [2.05, 4.69) is 4.98 Å². The van der Waals surface area contributed by atoms with Crippen molar-refractivity contribution in [3.8, 4) is 5.75 Å². The van der Waals surface area contributed by atoms with Crippen molar-refractivity contribution in [2.24, 2.45) is 0 Å². The molecule has 0 aliphatic carbocycles. The number of hydrogen-bond acceptors (Lipinski definition) is 4. The summed E-state index contributed by atoms with van der Waals surface area (Å²) in [6.45, 7) is 3.63. The first kappa shape index (κ1) is 19.7. The molecule has 0 radical (unpaired) electrons. The number of halogens is 3. The lowest BCUT2D eigenvalue weighted by Gasteiger charge is -2.17. The van der Waals surface area contributed by atoms with Crippen molar-refractivity contribution >= 4 is 22.7 Å². The number of likely N-dealkylation sites (N-methyl/N-ethyl adjacent to an activating group) is 1. The van der Waals surface area contributed by atoms with Gasteiger partial charge in [0, 0.05) is 18.7 Å². The molecule has 0 aliphatic heterocycles. The van der Waals surface area contributed by atoms with Crippen LogP contribution in [0.15, 0.2) is 46.9 Å². The Morgan fingerprint density at radius 3 is 2.46 bits per heavy atom. The number of nitrogens with zero attached hydrogens (tertiary/aromatic N) is 2. The molecule has 1 amide bonds. The quantitative estimate of drug-likeness (QED) is 0.612. The van der Waals surface area contributed by atoms with Gasteiger partial charge in [-0.2, -0.15) is 13.2 Å². The van der Waals surface area contributed by atoms with Crippen molar-refractivity contribution in [3.63, 3.8) is 0 Å². The van der Waals surface area contributed by atoms with Crippen LogP contribution in [0.3, 0.4) is 0 Å². The SMILES string of the molecule is CC(C)c1nc2cc(N(C)C(=O)COc3ccc(C(F)(F)F)cc3)ccc2o1. The number of benzene rings is 2. The van der Waals surface area contributed by atoms with Gasteiger partial charge in [0.05, 0.1) is 5.56 Å². The standard InChI is InChI=1S/C20H19F3N2O3/c1-12(2)19-24-16-10-14(6-9-17(16)28-19)25(3)18(26)11-27-15-7-4-13(5-8-15)20(21,22)23/h4-10,12H,11H2,1-3H3. The summed E-state index contributed by atoms with van der Waals surface area (Å²) >= 11 is 0. The Hall–Kier alpha value is -3.03. The summed E-state index contributed by atoms with van der Waals surface area (Å²) in [4.78, 5) is 18.2. The molecular weight excluding hydrogens is 373 g/mol. The first-order valence-electron chi connectivity index (χ1n) is 8.62. The van der Waals surface area contributed by atoms with Gasteiger partial charge in [0.25, 0.3) is 5.91 Å². The van der Waals surface area contributed by atoms with Crippen molar-refractivity contribution in [1.82, 2.24) is 4.98 Å². The van der Waals surface area contributed by atoms with Crippen molar-refractivity contribution < 1.29 is 27.1 Å². The molecule has 2 aromatic carbocycles. The Balaban J connectivity index is 1.66. The molecule has 5 nitrogen and oxygen atoms in total. The van der Waals surface area contributed by atoms with Gasteiger partial charge in [-0.3, -0.25) is 4.79 Å². The maximum Gasteiger partial charge on any atom is 0.416 e. The van der Waals surface area contributed by atoms with E-state index in [1.54, 1.807) is 25.2 Å². The van der Waals surface area contributed by atoms with Gasteiger partial charge < -0.3 is 14.1 Å². The van der Waals surface area contributed by atoms with Gasteiger partial charge >= 0.3 is 6.18 Å². The number of oxazole rings is 1. The third-order valence-corrected chi connectivity index (χ3v) is 4.19. The van der Waals surface area contributed by atoms with E-state index in [1.165, 1.54) is 17.0 Å². The van der Waals surface area contributed by atoms with Gasteiger partial charge in [-0.05, 0) is 42.5 Å². The Morgan fingerprint density at radius 2 is 1.86 bits per heavy atom. The second kappa shape index (κ2) is 7.53. The van der Waals surface area contributed by atoms with Gasteiger partial charge in [0.2, 0.25) is 0 Å². The highest BCUT2D eigenvalue weighted by molar-refractivity contribution is 5.95. The first-order chi connectivity index (χ1) is 13.1. The number of ether oxygens (including phenoxy) is 1. The second-order valence-electron chi connectivity index (χ2n) is 6.62. The van der Waals surface area contributed by atoms with Crippen LogP contribution in [0.1, 0.15) is 31.2 Å². The number of hydrogen-bond donors (Lipinski definition) is 0. The highest BCUT2D eigenvalue weighted by atomic mass is 19.4. The molecule has 0 aliphatic rings. The molecule has 0 atom stereocenters. The van der Waals surface area contributed by atoms with Crippen LogP contribution in [-0.2, 0) is 11.0 Å². The van der Waals surface area contributed by atoms with E-state index in [9.17, 15) is 18.0 Å². The summed E-state index contributed by atoms with van der Waals surface area (Å²) in [6.07, 6.45) is -4.41. The lowest BCUT2D eigenvalue weighted by atomic mass is 10.2. The maximum atomic E-state index is 12.6. The minimum atomic E-state index is -4.41. The van der Waals surface area contributed by atoms with E-state index < -0.39 is 11.7 Å². The van der Waals surface area contributed by atoms with E-state index in [-0.39, 0.29) is 24.2 Å². The van der Waals surface area contributed by atoms with E-state index in [4.69, 9.17) is 9.15 Å². The molecule has 0 saturated carbocycles. The molecule has 0 spiro atoms. The lowest BCUT2D eigenvalue weighted by Crippen LogP contribution is -2.31. The van der Waals surface area contributed by atoms with Crippen LogP contribution in [0.4, 0.5) is 18.9 Å². The van der Waals surface area contributed by atoms with Crippen molar-refractivity contribution in [1.29, 1.82) is 0 Å². The topological polar surface area (TPSA) is 55.6 Å². The normalized spacial score (nSPS) is 11.8. The molecule has 0 N–H and O–H groups in total. The number of amides is 1. The molecular formula is C20H19F3N2O3. The average molecular weight is 392 g/mol. The molecule has 148 valence electrons. The maximum absolute atomic E-state index is 12.6. The fraction of sp³-hybridized carbons (Fsp3) is 0.300. The first-order valence-corrected chi connectivity index (χ1v) is 8.62. The number of carbonyl (C=O) groups is 1. The smallest absolute Gasteiger partial charge is 0.416 e. The van der Waals surface area contributed by atoms with Crippen LogP contribution >= 0.6 is 0 Å². The van der Waals surface area contributed by atoms with Crippen LogP contribution in [0.25, 0.3) is 11.1 Å². The van der Waals surface area contributed by atoms with Crippen LogP contribution in [-0.4, -0.2) is 24.5 Å². The van der Waals surface area contributed by atoms with Crippen LogP contribution in [0, 0.1) is 0 Å². The number of rotatable bonds is 5. The number of anilines is 1. The van der Waals surface area contributed by atoms with Gasteiger partial charge in [0.1, 0.15) is 11.3 Å². The van der Waals surface area contributed by atoms with Gasteiger partial charge in [-0.25, -0.2) is 4.98 Å². The predicted octanol–water partition coefficient (Wildman–Crippen LogP) is 5.01. The average Bonchev–Trinajstić information content (AvgIpc) is 3.08. The zero-order valence-electron chi connectivity index (χ0n) is 15.6. The molecule has 28 heavy (non-hydrogen) atoms. The summed E-state index contributed by atoms with van der Waals surface area (Å²) in [7, 11) is 1.59. The number of alkyl halides is 3. The largest absolute Gasteiger partial charge is 0.484 e. The molecule has 0 bridgehead atoms. The Labute approximate surface area is 159 Å². The molecule has 3 rings (SSSR count). The Morgan fingerprint density at radius 1 is 1.18 bits per heavy atom. The molecule has 3 aromatic rings. The zero-order chi connectivity index (χ0) is 20.5. The molecule has 8 heteroatoms. The summed E-state index contributed by atoms with van der Waals surface area (Å²) in [5.41, 5.74) is 1.11. The molecule has 0 unspecified atom stereocenters. The third kappa shape index (κ3) is 4.27. The summed E-state index contributed by atoms with van der Waals surface area (Å²) in [5, 5.41) is 0. The fourth-order valence-electron chi connectivity index (χ4n) is 2.52. The third-order valence-electron chi connectivity index (χ3n) is 4.19. The highest BCUT2D eigenvalue weighted by Crippen LogP contribution is 2.30. The number of fused-ring (bicyclic) bond motifs is 1. The molecule has 0 fully saturated rings. The second-order valence-corrected chi connectivity index (χ2v) is 6.62. The van der Waals surface area contributed by atoms with Crippen molar-refractivity contribution in [2.75, 3.05) is 18.6 Å². The van der Waals surface area contributed by atoms with E-state index in [0.717, 1.165) is 12.1 Å². The highest BCUT2D eigenvalue weighted by Gasteiger charge is 2.30. The zero-order valence-corrected chi connectivity index (χ0v) is 15.6. The fourth-order valence-corrected chi connectivity index (χ4v) is 2.52. The van der Waals surface area contributed by atoms with Crippen LogP contribution in [0.5, 0.6) is 5.75 Å². The van der Waals surface area contributed by atoms with Gasteiger partial charge in [-0.15, -0.1) is 0 Å². The Kier molecular flexibility index (Phi) is 5.31. The number of aromatic nitrogens is 1. The predicted molar refractivity (Wildman–Crippen MR) is 98.4 cm³/mol. The summed E-state index contributed by atoms with van der Waals surface area (Å²) in [5.74, 6) is 0.592. The minimum Gasteiger partial charge on any atom is -0.484 e. The number of carbonyl (C=O) groups excluding carboxylic acids is 1. The van der Waals surface area contributed by atoms with E-state index >= 15 is 0 Å². The van der Waals surface area contributed by atoms with Gasteiger partial charge in [-0.1, -0.05) is 13.8 Å². The molecule has 0 saturated heterocycles.